The maximum atomic E-state index is 11.6. The van der Waals surface area contributed by atoms with Crippen LogP contribution in [0.3, 0.4) is 0 Å². The fraction of sp³-hybridized carbons (Fsp3) is 0.0455. The third-order valence-corrected chi connectivity index (χ3v) is 4.97. The number of para-hydroxylation sites is 1. The largest absolute Gasteiger partial charge is 0.478 e. The normalized spacial score (nSPS) is 10.8. The number of carboxylic acid groups (broad SMARTS) is 1. The van der Waals surface area contributed by atoms with Crippen molar-refractivity contribution in [1.82, 2.24) is 0 Å². The molecule has 0 saturated carbocycles. The molecule has 1 heterocycles. The Balaban J connectivity index is 1.88. The zero-order valence-corrected chi connectivity index (χ0v) is 15.7. The lowest BCUT2D eigenvalue weighted by Gasteiger charge is -2.18. The maximum absolute atomic E-state index is 11.6. The molecule has 0 amide bonds. The minimum Gasteiger partial charge on any atom is -0.478 e. The first-order valence-electron chi connectivity index (χ1n) is 8.65. The standard InChI is InChI=1S/C22H17ClN2O3/c1-24-18-8-7-17(25-16-5-3-2-4-15(16)22(26)27)20(21(18)23)14-6-9-19-13(12-14)10-11-28-19/h2-12,24-25H,1H3,(H,26,27). The van der Waals surface area contributed by atoms with E-state index in [1.165, 1.54) is 0 Å². The van der Waals surface area contributed by atoms with Crippen molar-refractivity contribution < 1.29 is 14.3 Å². The van der Waals surface area contributed by atoms with Gasteiger partial charge >= 0.3 is 5.97 Å². The van der Waals surface area contributed by atoms with E-state index >= 15 is 0 Å². The van der Waals surface area contributed by atoms with Gasteiger partial charge in [0, 0.05) is 23.7 Å². The molecule has 0 aliphatic heterocycles. The highest BCUT2D eigenvalue weighted by atomic mass is 35.5. The Morgan fingerprint density at radius 1 is 1.00 bits per heavy atom. The molecule has 0 bridgehead atoms. The third kappa shape index (κ3) is 3.17. The summed E-state index contributed by atoms with van der Waals surface area (Å²) in [4.78, 5) is 11.6. The molecule has 5 nitrogen and oxygen atoms in total. The van der Waals surface area contributed by atoms with E-state index in [2.05, 4.69) is 10.6 Å². The summed E-state index contributed by atoms with van der Waals surface area (Å²) < 4.78 is 5.43. The third-order valence-electron chi connectivity index (χ3n) is 4.58. The molecule has 0 saturated heterocycles. The minimum atomic E-state index is -0.998. The van der Waals surface area contributed by atoms with Gasteiger partial charge in [0.05, 0.1) is 28.2 Å². The van der Waals surface area contributed by atoms with Crippen molar-refractivity contribution in [3.8, 4) is 11.1 Å². The van der Waals surface area contributed by atoms with Crippen LogP contribution in [0.1, 0.15) is 10.4 Å². The van der Waals surface area contributed by atoms with Crippen molar-refractivity contribution >= 4 is 45.6 Å². The Bertz CT molecular complexity index is 1180. The Morgan fingerprint density at radius 3 is 2.57 bits per heavy atom. The predicted molar refractivity (Wildman–Crippen MR) is 113 cm³/mol. The van der Waals surface area contributed by atoms with Crippen LogP contribution in [0.5, 0.6) is 0 Å². The van der Waals surface area contributed by atoms with E-state index in [1.807, 2.05) is 36.4 Å². The molecule has 6 heteroatoms. The number of carbonyl (C=O) groups is 1. The summed E-state index contributed by atoms with van der Waals surface area (Å²) in [5, 5.41) is 17.3. The van der Waals surface area contributed by atoms with Gasteiger partial charge in [-0.1, -0.05) is 29.8 Å². The molecular formula is C22H17ClN2O3. The van der Waals surface area contributed by atoms with Crippen LogP contribution in [0, 0.1) is 0 Å². The van der Waals surface area contributed by atoms with E-state index in [0.29, 0.717) is 16.4 Å². The highest BCUT2D eigenvalue weighted by Gasteiger charge is 2.17. The van der Waals surface area contributed by atoms with Gasteiger partial charge in [0.2, 0.25) is 0 Å². The lowest BCUT2D eigenvalue weighted by atomic mass is 10.0. The minimum absolute atomic E-state index is 0.188. The van der Waals surface area contributed by atoms with E-state index < -0.39 is 5.97 Å². The SMILES string of the molecule is CNc1ccc(Nc2ccccc2C(=O)O)c(-c2ccc3occc3c2)c1Cl. The van der Waals surface area contributed by atoms with Crippen molar-refractivity contribution in [3.63, 3.8) is 0 Å². The quantitative estimate of drug-likeness (QED) is 0.375. The van der Waals surface area contributed by atoms with Crippen molar-refractivity contribution in [1.29, 1.82) is 0 Å². The van der Waals surface area contributed by atoms with E-state index in [-0.39, 0.29) is 5.56 Å². The molecular weight excluding hydrogens is 376 g/mol. The van der Waals surface area contributed by atoms with Crippen molar-refractivity contribution in [2.75, 3.05) is 17.7 Å². The lowest BCUT2D eigenvalue weighted by molar-refractivity contribution is 0.0698. The van der Waals surface area contributed by atoms with Crippen LogP contribution in [0.15, 0.2) is 71.3 Å². The molecule has 0 atom stereocenters. The highest BCUT2D eigenvalue weighted by molar-refractivity contribution is 6.37. The fourth-order valence-corrected chi connectivity index (χ4v) is 3.57. The Hall–Kier alpha value is -3.44. The molecule has 0 fully saturated rings. The number of nitrogens with one attached hydrogen (secondary N) is 2. The summed E-state index contributed by atoms with van der Waals surface area (Å²) in [6.45, 7) is 0. The molecule has 0 spiro atoms. The van der Waals surface area contributed by atoms with Gasteiger partial charge < -0.3 is 20.2 Å². The summed E-state index contributed by atoms with van der Waals surface area (Å²) in [7, 11) is 1.80. The van der Waals surface area contributed by atoms with Crippen LogP contribution in [-0.4, -0.2) is 18.1 Å². The number of aromatic carboxylic acids is 1. The number of fused-ring (bicyclic) bond motifs is 1. The van der Waals surface area contributed by atoms with Crippen molar-refractivity contribution in [2.24, 2.45) is 0 Å². The molecule has 0 radical (unpaired) electrons. The van der Waals surface area contributed by atoms with Gasteiger partial charge in [-0.2, -0.15) is 0 Å². The van der Waals surface area contributed by atoms with Gasteiger partial charge in [-0.25, -0.2) is 4.79 Å². The zero-order valence-electron chi connectivity index (χ0n) is 15.0. The number of hydrogen-bond acceptors (Lipinski definition) is 4. The first kappa shape index (κ1) is 17.9. The van der Waals surface area contributed by atoms with E-state index in [9.17, 15) is 9.90 Å². The van der Waals surface area contributed by atoms with Crippen LogP contribution in [-0.2, 0) is 0 Å². The van der Waals surface area contributed by atoms with Gasteiger partial charge in [-0.05, 0) is 48.0 Å². The van der Waals surface area contributed by atoms with Gasteiger partial charge in [0.25, 0.3) is 0 Å². The molecule has 4 aromatic rings. The summed E-state index contributed by atoms with van der Waals surface area (Å²) in [5.74, 6) is -0.998. The summed E-state index contributed by atoms with van der Waals surface area (Å²) in [6.07, 6.45) is 1.64. The lowest BCUT2D eigenvalue weighted by Crippen LogP contribution is -2.04. The Kier molecular flexibility index (Phi) is 4.67. The van der Waals surface area contributed by atoms with Gasteiger partial charge in [0.15, 0.2) is 0 Å². The van der Waals surface area contributed by atoms with Crippen molar-refractivity contribution in [3.05, 3.63) is 77.5 Å². The van der Waals surface area contributed by atoms with Crippen molar-refractivity contribution in [2.45, 2.75) is 0 Å². The van der Waals surface area contributed by atoms with Crippen LogP contribution >= 0.6 is 11.6 Å². The number of rotatable bonds is 5. The molecule has 0 aliphatic carbocycles. The first-order valence-corrected chi connectivity index (χ1v) is 9.03. The topological polar surface area (TPSA) is 74.5 Å². The number of carboxylic acids is 1. The second-order valence-corrected chi connectivity index (χ2v) is 6.63. The molecule has 3 N–H and O–H groups in total. The predicted octanol–water partition coefficient (Wildman–Crippen LogP) is 6.24. The van der Waals surface area contributed by atoms with Gasteiger partial charge in [0.1, 0.15) is 5.58 Å². The summed E-state index contributed by atoms with van der Waals surface area (Å²) >= 11 is 6.70. The number of anilines is 3. The van der Waals surface area contributed by atoms with Crippen LogP contribution in [0.4, 0.5) is 17.1 Å². The van der Waals surface area contributed by atoms with E-state index in [1.54, 1.807) is 37.6 Å². The molecule has 140 valence electrons. The van der Waals surface area contributed by atoms with Gasteiger partial charge in [-0.3, -0.25) is 0 Å². The number of halogens is 1. The highest BCUT2D eigenvalue weighted by Crippen LogP contribution is 2.42. The summed E-state index contributed by atoms with van der Waals surface area (Å²) in [6, 6.07) is 18.2. The molecule has 3 aromatic carbocycles. The van der Waals surface area contributed by atoms with Crippen LogP contribution < -0.4 is 10.6 Å². The maximum Gasteiger partial charge on any atom is 0.337 e. The number of benzene rings is 3. The molecule has 28 heavy (non-hydrogen) atoms. The summed E-state index contributed by atoms with van der Waals surface area (Å²) in [5.41, 5.74) is 4.63. The Morgan fingerprint density at radius 2 is 1.79 bits per heavy atom. The van der Waals surface area contributed by atoms with E-state index in [4.69, 9.17) is 16.0 Å². The second-order valence-electron chi connectivity index (χ2n) is 6.25. The Labute approximate surface area is 166 Å². The second kappa shape index (κ2) is 7.29. The van der Waals surface area contributed by atoms with Crippen LogP contribution in [0.2, 0.25) is 5.02 Å². The van der Waals surface area contributed by atoms with E-state index in [0.717, 1.165) is 27.8 Å². The monoisotopic (exact) mass is 392 g/mol. The fourth-order valence-electron chi connectivity index (χ4n) is 3.20. The zero-order chi connectivity index (χ0) is 19.7. The number of hydrogen-bond donors (Lipinski definition) is 3. The average Bonchev–Trinajstić information content (AvgIpc) is 3.16. The first-order chi connectivity index (χ1) is 13.6. The molecule has 1 aromatic heterocycles. The van der Waals surface area contributed by atoms with Gasteiger partial charge in [-0.15, -0.1) is 0 Å². The molecule has 0 unspecified atom stereocenters. The molecule has 0 aliphatic rings. The molecule has 4 rings (SSSR count). The van der Waals surface area contributed by atoms with Crippen LogP contribution in [0.25, 0.3) is 22.1 Å². The average molecular weight is 393 g/mol. The smallest absolute Gasteiger partial charge is 0.337 e. The number of furan rings is 1.